The molecule has 0 bridgehead atoms. The molecule has 1 amide bonds. The van der Waals surface area contributed by atoms with Crippen molar-refractivity contribution >= 4 is 35.0 Å². The maximum Gasteiger partial charge on any atom is 0.224 e. The summed E-state index contributed by atoms with van der Waals surface area (Å²) in [7, 11) is 1.79. The normalized spacial score (nSPS) is 14.6. The fourth-order valence-corrected chi connectivity index (χ4v) is 3.35. The molecule has 2 aromatic rings. The number of pyridine rings is 1. The zero-order chi connectivity index (χ0) is 20.5. The number of carbonyl (C=O) groups is 1. The van der Waals surface area contributed by atoms with Gasteiger partial charge in [0.15, 0.2) is 5.96 Å². The number of rotatable bonds is 6. The van der Waals surface area contributed by atoms with Crippen molar-refractivity contribution in [3.63, 3.8) is 0 Å². The van der Waals surface area contributed by atoms with Gasteiger partial charge in [0.2, 0.25) is 5.91 Å². The number of halogens is 1. The van der Waals surface area contributed by atoms with Crippen LogP contribution in [0.1, 0.15) is 12.8 Å². The summed E-state index contributed by atoms with van der Waals surface area (Å²) in [4.78, 5) is 25.4. The third-order valence-electron chi connectivity index (χ3n) is 4.76. The zero-order valence-electron chi connectivity index (χ0n) is 16.6. The van der Waals surface area contributed by atoms with Crippen LogP contribution in [0.4, 0.5) is 11.5 Å². The molecule has 0 aliphatic carbocycles. The molecular formula is C21H27ClN6O. The molecule has 2 heterocycles. The monoisotopic (exact) mass is 414 g/mol. The molecule has 8 heteroatoms. The molecule has 0 unspecified atom stereocenters. The van der Waals surface area contributed by atoms with Gasteiger partial charge in [0.25, 0.3) is 0 Å². The first kappa shape index (κ1) is 20.9. The molecule has 3 rings (SSSR count). The molecule has 1 aromatic carbocycles. The van der Waals surface area contributed by atoms with Crippen molar-refractivity contribution in [2.24, 2.45) is 4.99 Å². The van der Waals surface area contributed by atoms with Gasteiger partial charge in [-0.25, -0.2) is 4.98 Å². The van der Waals surface area contributed by atoms with Crippen LogP contribution >= 0.6 is 11.6 Å². The van der Waals surface area contributed by atoms with Crippen LogP contribution in [0.5, 0.6) is 0 Å². The molecule has 154 valence electrons. The number of aliphatic imine (C=N–C) groups is 1. The van der Waals surface area contributed by atoms with E-state index in [0.29, 0.717) is 18.0 Å². The molecule has 0 atom stereocenters. The summed E-state index contributed by atoms with van der Waals surface area (Å²) < 4.78 is 0. The van der Waals surface area contributed by atoms with Crippen LogP contribution in [0.25, 0.3) is 0 Å². The maximum atomic E-state index is 12.1. The number of anilines is 2. The van der Waals surface area contributed by atoms with E-state index in [9.17, 15) is 4.79 Å². The Kier molecular flexibility index (Phi) is 7.69. The van der Waals surface area contributed by atoms with Crippen molar-refractivity contribution in [3.8, 4) is 0 Å². The summed E-state index contributed by atoms with van der Waals surface area (Å²) in [5, 5.41) is 6.89. The minimum atomic E-state index is -0.00640. The summed E-state index contributed by atoms with van der Waals surface area (Å²) in [5.41, 5.74) is 0.758. The number of carbonyl (C=O) groups excluding carboxylic acids is 1. The molecule has 29 heavy (non-hydrogen) atoms. The Balaban J connectivity index is 1.36. The van der Waals surface area contributed by atoms with Gasteiger partial charge in [-0.05, 0) is 42.8 Å². The quantitative estimate of drug-likeness (QED) is 0.432. The molecule has 1 aliphatic rings. The van der Waals surface area contributed by atoms with Gasteiger partial charge in [-0.3, -0.25) is 9.79 Å². The second-order valence-corrected chi connectivity index (χ2v) is 7.23. The third kappa shape index (κ3) is 6.35. The van der Waals surface area contributed by atoms with E-state index < -0.39 is 0 Å². The smallest absolute Gasteiger partial charge is 0.224 e. The molecule has 1 fully saturated rings. The highest BCUT2D eigenvalue weighted by Crippen LogP contribution is 2.14. The highest BCUT2D eigenvalue weighted by molar-refractivity contribution is 6.30. The van der Waals surface area contributed by atoms with E-state index in [-0.39, 0.29) is 5.91 Å². The second kappa shape index (κ2) is 10.7. The van der Waals surface area contributed by atoms with E-state index in [4.69, 9.17) is 11.6 Å². The lowest BCUT2D eigenvalue weighted by Crippen LogP contribution is -2.52. The van der Waals surface area contributed by atoms with Crippen LogP contribution < -0.4 is 15.5 Å². The number of nitrogens with zero attached hydrogens (tertiary/aromatic N) is 4. The molecule has 1 aromatic heterocycles. The maximum absolute atomic E-state index is 12.1. The van der Waals surface area contributed by atoms with Crippen molar-refractivity contribution < 1.29 is 4.79 Å². The van der Waals surface area contributed by atoms with Crippen molar-refractivity contribution in [2.75, 3.05) is 50.0 Å². The number of guanidine groups is 1. The SMILES string of the molecule is CN=C(NCCCC(=O)Nc1ccc(Cl)cc1)N1CCN(c2ccccn2)CC1. The van der Waals surface area contributed by atoms with Crippen LogP contribution in [-0.2, 0) is 4.79 Å². The summed E-state index contributed by atoms with van der Waals surface area (Å²) >= 11 is 5.86. The molecular weight excluding hydrogens is 388 g/mol. The molecule has 7 nitrogen and oxygen atoms in total. The van der Waals surface area contributed by atoms with Crippen LogP contribution in [0.3, 0.4) is 0 Å². The number of aromatic nitrogens is 1. The summed E-state index contributed by atoms with van der Waals surface area (Å²) in [6, 6.07) is 13.1. The van der Waals surface area contributed by atoms with Gasteiger partial charge in [-0.2, -0.15) is 0 Å². The van der Waals surface area contributed by atoms with Gasteiger partial charge in [-0.1, -0.05) is 17.7 Å². The van der Waals surface area contributed by atoms with Crippen LogP contribution in [0, 0.1) is 0 Å². The van der Waals surface area contributed by atoms with Crippen LogP contribution in [-0.4, -0.2) is 61.5 Å². The summed E-state index contributed by atoms with van der Waals surface area (Å²) in [5.74, 6) is 1.89. The number of hydrogen-bond donors (Lipinski definition) is 2. The molecule has 0 radical (unpaired) electrons. The predicted molar refractivity (Wildman–Crippen MR) is 119 cm³/mol. The van der Waals surface area contributed by atoms with Crippen molar-refractivity contribution in [1.82, 2.24) is 15.2 Å². The molecule has 0 saturated carbocycles. The van der Waals surface area contributed by atoms with E-state index >= 15 is 0 Å². The standard InChI is InChI=1S/C21H27ClN6O/c1-23-21(28-15-13-27(14-16-28)19-5-2-3-11-24-19)25-12-4-6-20(29)26-18-9-7-17(22)8-10-18/h2-3,5,7-11H,4,6,12-16H2,1H3,(H,23,25)(H,26,29). The number of amides is 1. The Hall–Kier alpha value is -2.80. The Morgan fingerprint density at radius 1 is 1.14 bits per heavy atom. The van der Waals surface area contributed by atoms with Crippen molar-refractivity contribution in [1.29, 1.82) is 0 Å². The zero-order valence-corrected chi connectivity index (χ0v) is 17.4. The summed E-state index contributed by atoms with van der Waals surface area (Å²) in [6.45, 7) is 4.27. The Labute approximate surface area is 176 Å². The van der Waals surface area contributed by atoms with Gasteiger partial charge in [0, 0.05) is 63.1 Å². The molecule has 1 saturated heterocycles. The topological polar surface area (TPSA) is 72.9 Å². The van der Waals surface area contributed by atoms with E-state index in [1.165, 1.54) is 0 Å². The highest BCUT2D eigenvalue weighted by Gasteiger charge is 2.20. The summed E-state index contributed by atoms with van der Waals surface area (Å²) in [6.07, 6.45) is 3.00. The first-order valence-electron chi connectivity index (χ1n) is 9.83. The van der Waals surface area contributed by atoms with E-state index in [1.807, 2.05) is 24.4 Å². The van der Waals surface area contributed by atoms with Crippen LogP contribution in [0.2, 0.25) is 5.02 Å². The lowest BCUT2D eigenvalue weighted by Gasteiger charge is -2.37. The predicted octanol–water partition coefficient (Wildman–Crippen LogP) is 2.85. The first-order valence-corrected chi connectivity index (χ1v) is 10.2. The molecule has 1 aliphatic heterocycles. The number of benzene rings is 1. The molecule has 0 spiro atoms. The van der Waals surface area contributed by atoms with Gasteiger partial charge in [0.05, 0.1) is 0 Å². The first-order chi connectivity index (χ1) is 14.2. The van der Waals surface area contributed by atoms with Crippen molar-refractivity contribution in [2.45, 2.75) is 12.8 Å². The van der Waals surface area contributed by atoms with Gasteiger partial charge >= 0.3 is 0 Å². The highest BCUT2D eigenvalue weighted by atomic mass is 35.5. The fourth-order valence-electron chi connectivity index (χ4n) is 3.23. The Morgan fingerprint density at radius 3 is 2.55 bits per heavy atom. The Morgan fingerprint density at radius 2 is 1.90 bits per heavy atom. The van der Waals surface area contributed by atoms with E-state index in [1.54, 1.807) is 31.3 Å². The van der Waals surface area contributed by atoms with Crippen molar-refractivity contribution in [3.05, 3.63) is 53.7 Å². The van der Waals surface area contributed by atoms with Gasteiger partial charge in [0.1, 0.15) is 5.82 Å². The van der Waals surface area contributed by atoms with Gasteiger partial charge in [-0.15, -0.1) is 0 Å². The third-order valence-corrected chi connectivity index (χ3v) is 5.01. The van der Waals surface area contributed by atoms with E-state index in [2.05, 4.69) is 30.4 Å². The largest absolute Gasteiger partial charge is 0.356 e. The van der Waals surface area contributed by atoms with Gasteiger partial charge < -0.3 is 20.4 Å². The van der Waals surface area contributed by atoms with E-state index in [0.717, 1.165) is 50.1 Å². The average molecular weight is 415 g/mol. The second-order valence-electron chi connectivity index (χ2n) is 6.79. The average Bonchev–Trinajstić information content (AvgIpc) is 2.76. The number of hydrogen-bond acceptors (Lipinski definition) is 4. The number of piperazine rings is 1. The molecule has 2 N–H and O–H groups in total. The van der Waals surface area contributed by atoms with Crippen LogP contribution in [0.15, 0.2) is 53.7 Å². The lowest BCUT2D eigenvalue weighted by atomic mass is 10.2. The number of nitrogens with one attached hydrogen (secondary N) is 2. The minimum absolute atomic E-state index is 0.00640. The lowest BCUT2D eigenvalue weighted by molar-refractivity contribution is -0.116. The Bertz CT molecular complexity index is 804. The minimum Gasteiger partial charge on any atom is -0.356 e. The fraction of sp³-hybridized carbons (Fsp3) is 0.381.